The second-order valence-electron chi connectivity index (χ2n) is 2.23. The number of ketones is 2. The minimum Gasteiger partial charge on any atom is -0.291 e. The van der Waals surface area contributed by atoms with Crippen molar-refractivity contribution in [1.82, 2.24) is 0 Å². The Morgan fingerprint density at radius 1 is 1.17 bits per heavy atom. The number of rotatable bonds is 6. The van der Waals surface area contributed by atoms with E-state index in [1.807, 2.05) is 0 Å². The maximum absolute atomic E-state index is 10.9. The number of hydrogen-bond acceptors (Lipinski definition) is 2. The fraction of sp³-hybridized carbons (Fsp3) is 0.714. The fourth-order valence-electron chi connectivity index (χ4n) is 0.625. The van der Waals surface area contributed by atoms with Crippen LogP contribution in [0.15, 0.2) is 0 Å². The maximum Gasteiger partial charge on any atom is 0.231 e. The molecule has 0 aliphatic carbocycles. The van der Waals surface area contributed by atoms with Crippen molar-refractivity contribution in [2.45, 2.75) is 24.1 Å². The van der Waals surface area contributed by atoms with Gasteiger partial charge in [0.25, 0.3) is 0 Å². The molecule has 0 aromatic carbocycles. The topological polar surface area (TPSA) is 34.1 Å². The van der Waals surface area contributed by atoms with Gasteiger partial charge in [-0.3, -0.25) is 9.59 Å². The molecule has 0 spiro atoms. The summed E-state index contributed by atoms with van der Waals surface area (Å²) >= 11 is 15.8. The molecule has 0 fully saturated rings. The zero-order chi connectivity index (χ0) is 9.56. The van der Waals surface area contributed by atoms with Gasteiger partial charge in [-0.2, -0.15) is 0 Å². The van der Waals surface area contributed by atoms with Crippen molar-refractivity contribution < 1.29 is 9.59 Å². The van der Waals surface area contributed by atoms with Crippen molar-refractivity contribution in [3.63, 3.8) is 0 Å². The highest BCUT2D eigenvalue weighted by Crippen LogP contribution is 2.07. The summed E-state index contributed by atoms with van der Waals surface area (Å²) < 4.78 is 0. The highest BCUT2D eigenvalue weighted by atomic mass is 35.5. The Kier molecular flexibility index (Phi) is 6.81. The number of carbonyl (C=O) groups excluding carboxylic acids is 2. The SMILES string of the molecule is O=C(CCCCCl)C(=O)C(Cl)Cl. The number of Topliss-reactive ketones (excluding diaryl/α,β-unsaturated/α-hetero) is 2. The van der Waals surface area contributed by atoms with E-state index in [2.05, 4.69) is 0 Å². The van der Waals surface area contributed by atoms with Crippen LogP contribution in [0.25, 0.3) is 0 Å². The number of halogens is 3. The van der Waals surface area contributed by atoms with E-state index in [9.17, 15) is 9.59 Å². The lowest BCUT2D eigenvalue weighted by atomic mass is 10.1. The molecule has 0 rings (SSSR count). The van der Waals surface area contributed by atoms with Crippen LogP contribution in [0.5, 0.6) is 0 Å². The molecule has 0 heterocycles. The van der Waals surface area contributed by atoms with E-state index < -0.39 is 16.4 Å². The standard InChI is InChI=1S/C7H9Cl3O2/c8-4-2-1-3-5(11)6(12)7(9)10/h7H,1-4H2. The van der Waals surface area contributed by atoms with Gasteiger partial charge in [0, 0.05) is 12.3 Å². The lowest BCUT2D eigenvalue weighted by Gasteiger charge is -1.98. The van der Waals surface area contributed by atoms with Crippen molar-refractivity contribution in [2.75, 3.05) is 5.88 Å². The van der Waals surface area contributed by atoms with E-state index in [4.69, 9.17) is 34.8 Å². The molecule has 70 valence electrons. The summed E-state index contributed by atoms with van der Waals surface area (Å²) in [7, 11) is 0. The van der Waals surface area contributed by atoms with Gasteiger partial charge in [-0.15, -0.1) is 11.6 Å². The van der Waals surface area contributed by atoms with Crippen LogP contribution in [0.2, 0.25) is 0 Å². The minimum atomic E-state index is -1.23. The van der Waals surface area contributed by atoms with Gasteiger partial charge in [-0.05, 0) is 12.8 Å². The Labute approximate surface area is 86.2 Å². The van der Waals surface area contributed by atoms with Crippen LogP contribution in [0.1, 0.15) is 19.3 Å². The summed E-state index contributed by atoms with van der Waals surface area (Å²) in [5.41, 5.74) is 0. The Morgan fingerprint density at radius 3 is 2.17 bits per heavy atom. The third kappa shape index (κ3) is 4.96. The first kappa shape index (κ1) is 12.2. The van der Waals surface area contributed by atoms with Gasteiger partial charge in [0.2, 0.25) is 11.6 Å². The first-order chi connectivity index (χ1) is 5.59. The molecule has 0 atom stereocenters. The van der Waals surface area contributed by atoms with Crippen LogP contribution in [0.4, 0.5) is 0 Å². The van der Waals surface area contributed by atoms with Crippen molar-refractivity contribution in [3.05, 3.63) is 0 Å². The molecular formula is C7H9Cl3O2. The summed E-state index contributed by atoms with van der Waals surface area (Å²) in [5.74, 6) is -0.754. The lowest BCUT2D eigenvalue weighted by Crippen LogP contribution is -2.19. The van der Waals surface area contributed by atoms with Gasteiger partial charge in [0.05, 0.1) is 0 Å². The molecule has 0 amide bonds. The van der Waals surface area contributed by atoms with Crippen molar-refractivity contribution in [2.24, 2.45) is 0 Å². The summed E-state index contributed by atoms with van der Waals surface area (Å²) in [4.78, 5) is 20.5. The molecule has 5 heteroatoms. The second-order valence-corrected chi connectivity index (χ2v) is 3.71. The second kappa shape index (κ2) is 6.70. The Morgan fingerprint density at radius 2 is 1.75 bits per heavy atom. The quantitative estimate of drug-likeness (QED) is 0.399. The van der Waals surface area contributed by atoms with E-state index in [-0.39, 0.29) is 6.42 Å². The molecule has 12 heavy (non-hydrogen) atoms. The number of unbranched alkanes of at least 4 members (excludes halogenated alkanes) is 1. The number of alkyl halides is 3. The van der Waals surface area contributed by atoms with Crippen molar-refractivity contribution in [3.8, 4) is 0 Å². The predicted molar refractivity (Wildman–Crippen MR) is 50.1 cm³/mol. The molecule has 0 bridgehead atoms. The van der Waals surface area contributed by atoms with Crippen LogP contribution < -0.4 is 0 Å². The summed E-state index contributed by atoms with van der Waals surface area (Å²) in [6, 6.07) is 0. The third-order valence-corrected chi connectivity index (χ3v) is 1.92. The van der Waals surface area contributed by atoms with Gasteiger partial charge >= 0.3 is 0 Å². The first-order valence-electron chi connectivity index (χ1n) is 3.50. The Hall–Kier alpha value is 0.210. The van der Waals surface area contributed by atoms with E-state index in [0.717, 1.165) is 6.42 Å². The molecule has 0 aliphatic rings. The van der Waals surface area contributed by atoms with Crippen molar-refractivity contribution >= 4 is 46.4 Å². The first-order valence-corrected chi connectivity index (χ1v) is 4.91. The van der Waals surface area contributed by atoms with Crippen LogP contribution in [-0.2, 0) is 9.59 Å². The molecule has 0 saturated carbocycles. The number of carbonyl (C=O) groups is 2. The molecule has 0 aliphatic heterocycles. The van der Waals surface area contributed by atoms with E-state index >= 15 is 0 Å². The van der Waals surface area contributed by atoms with E-state index in [0.29, 0.717) is 12.3 Å². The van der Waals surface area contributed by atoms with Gasteiger partial charge < -0.3 is 0 Å². The molecule has 0 radical (unpaired) electrons. The highest BCUT2D eigenvalue weighted by Gasteiger charge is 2.19. The van der Waals surface area contributed by atoms with Crippen molar-refractivity contribution in [1.29, 1.82) is 0 Å². The third-order valence-electron chi connectivity index (χ3n) is 1.26. The summed E-state index contributed by atoms with van der Waals surface area (Å²) in [6.45, 7) is 0. The Bertz CT molecular complexity index is 168. The average Bonchev–Trinajstić information content (AvgIpc) is 2.03. The molecule has 2 nitrogen and oxygen atoms in total. The molecule has 0 unspecified atom stereocenters. The van der Waals surface area contributed by atoms with Crippen LogP contribution >= 0.6 is 34.8 Å². The monoisotopic (exact) mass is 230 g/mol. The zero-order valence-electron chi connectivity index (χ0n) is 6.36. The van der Waals surface area contributed by atoms with Crippen LogP contribution in [0, 0.1) is 0 Å². The maximum atomic E-state index is 10.9. The normalized spacial score (nSPS) is 10.3. The van der Waals surface area contributed by atoms with Gasteiger partial charge in [0.1, 0.15) is 0 Å². The zero-order valence-corrected chi connectivity index (χ0v) is 8.62. The van der Waals surface area contributed by atoms with Gasteiger partial charge in [0.15, 0.2) is 4.84 Å². The molecule has 0 aromatic rings. The highest BCUT2D eigenvalue weighted by molar-refractivity contribution is 6.63. The number of hydrogen-bond donors (Lipinski definition) is 0. The average molecular weight is 232 g/mol. The molecule has 0 aromatic heterocycles. The van der Waals surface area contributed by atoms with Crippen LogP contribution in [0.3, 0.4) is 0 Å². The predicted octanol–water partition coefficient (Wildman–Crippen LogP) is 2.34. The van der Waals surface area contributed by atoms with E-state index in [1.165, 1.54) is 0 Å². The smallest absolute Gasteiger partial charge is 0.231 e. The molecular weight excluding hydrogens is 222 g/mol. The molecule has 0 saturated heterocycles. The summed E-state index contributed by atoms with van der Waals surface area (Å²) in [5, 5.41) is 0. The lowest BCUT2D eigenvalue weighted by molar-refractivity contribution is -0.135. The van der Waals surface area contributed by atoms with Gasteiger partial charge in [-0.25, -0.2) is 0 Å². The van der Waals surface area contributed by atoms with E-state index in [1.54, 1.807) is 0 Å². The van der Waals surface area contributed by atoms with Gasteiger partial charge in [-0.1, -0.05) is 23.2 Å². The fourth-order valence-corrected chi connectivity index (χ4v) is 1.06. The largest absolute Gasteiger partial charge is 0.291 e. The van der Waals surface area contributed by atoms with Crippen LogP contribution in [-0.4, -0.2) is 22.3 Å². The minimum absolute atomic E-state index is 0.182. The molecule has 0 N–H and O–H groups in total. The Balaban J connectivity index is 3.65. The summed E-state index contributed by atoms with van der Waals surface area (Å²) in [6.07, 6.45) is 1.51.